The molecule has 0 amide bonds. The SMILES string of the molecule is Brc1ccc([C@@H]2CCCN2)c(Br)c1. The van der Waals surface area contributed by atoms with Crippen molar-refractivity contribution in [2.45, 2.75) is 18.9 Å². The Hall–Kier alpha value is 0.140. The summed E-state index contributed by atoms with van der Waals surface area (Å²) in [7, 11) is 0. The van der Waals surface area contributed by atoms with E-state index >= 15 is 0 Å². The fourth-order valence-corrected chi connectivity index (χ4v) is 3.06. The molecule has 0 saturated carbocycles. The van der Waals surface area contributed by atoms with Crippen LogP contribution in [-0.4, -0.2) is 6.54 Å². The molecule has 1 fully saturated rings. The Morgan fingerprint density at radius 3 is 2.77 bits per heavy atom. The zero-order valence-corrected chi connectivity index (χ0v) is 10.4. The van der Waals surface area contributed by atoms with Gasteiger partial charge in [-0.2, -0.15) is 0 Å². The average molecular weight is 305 g/mol. The molecule has 2 rings (SSSR count). The van der Waals surface area contributed by atoms with Crippen LogP contribution in [0, 0.1) is 0 Å². The van der Waals surface area contributed by atoms with Crippen LogP contribution in [0.2, 0.25) is 0 Å². The molecule has 1 heterocycles. The van der Waals surface area contributed by atoms with Crippen LogP contribution in [0.5, 0.6) is 0 Å². The molecule has 0 spiro atoms. The molecule has 13 heavy (non-hydrogen) atoms. The Bertz CT molecular complexity index is 306. The number of hydrogen-bond donors (Lipinski definition) is 1. The van der Waals surface area contributed by atoms with Crippen molar-refractivity contribution in [3.63, 3.8) is 0 Å². The molecule has 0 aliphatic carbocycles. The van der Waals surface area contributed by atoms with E-state index in [1.165, 1.54) is 22.9 Å². The Morgan fingerprint density at radius 1 is 1.31 bits per heavy atom. The summed E-state index contributed by atoms with van der Waals surface area (Å²) in [5.74, 6) is 0. The normalized spacial score (nSPS) is 22.2. The second-order valence-electron chi connectivity index (χ2n) is 3.31. The van der Waals surface area contributed by atoms with E-state index in [0.29, 0.717) is 6.04 Å². The second kappa shape index (κ2) is 4.11. The monoisotopic (exact) mass is 303 g/mol. The molecule has 1 atom stereocenters. The molecule has 1 N–H and O–H groups in total. The first-order chi connectivity index (χ1) is 6.27. The molecule has 1 saturated heterocycles. The number of hydrogen-bond acceptors (Lipinski definition) is 1. The highest BCUT2D eigenvalue weighted by molar-refractivity contribution is 9.11. The standard InChI is InChI=1S/C10H11Br2N/c11-7-3-4-8(9(12)6-7)10-2-1-5-13-10/h3-4,6,10,13H,1-2,5H2/t10-/m0/s1. The fourth-order valence-electron chi connectivity index (χ4n) is 1.73. The van der Waals surface area contributed by atoms with E-state index in [2.05, 4.69) is 55.4 Å². The van der Waals surface area contributed by atoms with Crippen LogP contribution >= 0.6 is 31.9 Å². The molecule has 1 nitrogen and oxygen atoms in total. The molecule has 0 unspecified atom stereocenters. The van der Waals surface area contributed by atoms with Gasteiger partial charge in [0.15, 0.2) is 0 Å². The van der Waals surface area contributed by atoms with Gasteiger partial charge in [0, 0.05) is 15.0 Å². The summed E-state index contributed by atoms with van der Waals surface area (Å²) in [6.07, 6.45) is 2.54. The minimum absolute atomic E-state index is 0.544. The van der Waals surface area contributed by atoms with Gasteiger partial charge in [-0.15, -0.1) is 0 Å². The summed E-state index contributed by atoms with van der Waals surface area (Å²) >= 11 is 7.04. The van der Waals surface area contributed by atoms with E-state index in [9.17, 15) is 0 Å². The van der Waals surface area contributed by atoms with Crippen molar-refractivity contribution >= 4 is 31.9 Å². The number of halogens is 2. The van der Waals surface area contributed by atoms with Crippen molar-refractivity contribution in [1.29, 1.82) is 0 Å². The summed E-state index contributed by atoms with van der Waals surface area (Å²) in [6.45, 7) is 1.15. The smallest absolute Gasteiger partial charge is 0.0331 e. The van der Waals surface area contributed by atoms with Gasteiger partial charge in [-0.05, 0) is 37.1 Å². The summed E-state index contributed by atoms with van der Waals surface area (Å²) in [5.41, 5.74) is 1.38. The van der Waals surface area contributed by atoms with Crippen LogP contribution in [0.4, 0.5) is 0 Å². The Kier molecular flexibility index (Phi) is 3.06. The zero-order valence-electron chi connectivity index (χ0n) is 7.19. The highest BCUT2D eigenvalue weighted by Crippen LogP contribution is 2.31. The lowest BCUT2D eigenvalue weighted by molar-refractivity contribution is 0.645. The molecular weight excluding hydrogens is 294 g/mol. The van der Waals surface area contributed by atoms with Gasteiger partial charge in [-0.3, -0.25) is 0 Å². The van der Waals surface area contributed by atoms with Crippen LogP contribution in [0.1, 0.15) is 24.4 Å². The Balaban J connectivity index is 2.29. The summed E-state index contributed by atoms with van der Waals surface area (Å²) in [5, 5.41) is 3.49. The minimum Gasteiger partial charge on any atom is -0.310 e. The Labute approximate surface area is 95.2 Å². The van der Waals surface area contributed by atoms with Crippen molar-refractivity contribution in [3.05, 3.63) is 32.7 Å². The molecule has 70 valence electrons. The van der Waals surface area contributed by atoms with E-state index < -0.39 is 0 Å². The molecule has 1 aliphatic heterocycles. The molecule has 1 aromatic carbocycles. The van der Waals surface area contributed by atoms with Crippen LogP contribution < -0.4 is 5.32 Å². The maximum absolute atomic E-state index is 3.59. The van der Waals surface area contributed by atoms with Gasteiger partial charge in [0.25, 0.3) is 0 Å². The number of nitrogens with one attached hydrogen (secondary N) is 1. The van der Waals surface area contributed by atoms with Crippen LogP contribution in [0.3, 0.4) is 0 Å². The summed E-state index contributed by atoms with van der Waals surface area (Å²) in [6, 6.07) is 6.93. The van der Waals surface area contributed by atoms with Gasteiger partial charge in [0.2, 0.25) is 0 Å². The molecule has 3 heteroatoms. The lowest BCUT2D eigenvalue weighted by Gasteiger charge is -2.12. The first kappa shape index (κ1) is 9.69. The van der Waals surface area contributed by atoms with Crippen LogP contribution in [0.15, 0.2) is 27.1 Å². The van der Waals surface area contributed by atoms with E-state index in [4.69, 9.17) is 0 Å². The predicted molar refractivity (Wildman–Crippen MR) is 61.8 cm³/mol. The topological polar surface area (TPSA) is 12.0 Å². The fraction of sp³-hybridized carbons (Fsp3) is 0.400. The van der Waals surface area contributed by atoms with E-state index in [1.807, 2.05) is 0 Å². The first-order valence-corrected chi connectivity index (χ1v) is 6.04. The van der Waals surface area contributed by atoms with Crippen LogP contribution in [-0.2, 0) is 0 Å². The summed E-state index contributed by atoms with van der Waals surface area (Å²) in [4.78, 5) is 0. The molecule has 0 radical (unpaired) electrons. The van der Waals surface area contributed by atoms with E-state index in [1.54, 1.807) is 0 Å². The van der Waals surface area contributed by atoms with E-state index in [0.717, 1.165) is 11.0 Å². The third-order valence-corrected chi connectivity index (χ3v) is 3.58. The quantitative estimate of drug-likeness (QED) is 0.835. The van der Waals surface area contributed by atoms with Crippen LogP contribution in [0.25, 0.3) is 0 Å². The highest BCUT2D eigenvalue weighted by Gasteiger charge is 2.17. The lowest BCUT2D eigenvalue weighted by atomic mass is 10.1. The maximum Gasteiger partial charge on any atom is 0.0331 e. The number of rotatable bonds is 1. The predicted octanol–water partition coefficient (Wildman–Crippen LogP) is 3.64. The third kappa shape index (κ3) is 2.14. The highest BCUT2D eigenvalue weighted by atomic mass is 79.9. The minimum atomic E-state index is 0.544. The van der Waals surface area contributed by atoms with Crippen molar-refractivity contribution in [2.75, 3.05) is 6.54 Å². The maximum atomic E-state index is 3.59. The summed E-state index contributed by atoms with van der Waals surface area (Å²) < 4.78 is 2.32. The lowest BCUT2D eigenvalue weighted by Crippen LogP contribution is -2.13. The van der Waals surface area contributed by atoms with Crippen molar-refractivity contribution in [3.8, 4) is 0 Å². The molecule has 1 aliphatic rings. The number of benzene rings is 1. The molecule has 0 bridgehead atoms. The van der Waals surface area contributed by atoms with Crippen molar-refractivity contribution in [2.24, 2.45) is 0 Å². The Morgan fingerprint density at radius 2 is 2.15 bits per heavy atom. The van der Waals surface area contributed by atoms with Gasteiger partial charge in [0.05, 0.1) is 0 Å². The first-order valence-electron chi connectivity index (χ1n) is 4.46. The van der Waals surface area contributed by atoms with Gasteiger partial charge in [0.1, 0.15) is 0 Å². The van der Waals surface area contributed by atoms with Gasteiger partial charge in [-0.1, -0.05) is 37.9 Å². The zero-order chi connectivity index (χ0) is 9.26. The molecule has 0 aromatic heterocycles. The van der Waals surface area contributed by atoms with Gasteiger partial charge < -0.3 is 5.32 Å². The van der Waals surface area contributed by atoms with Crippen molar-refractivity contribution < 1.29 is 0 Å². The van der Waals surface area contributed by atoms with Gasteiger partial charge in [-0.25, -0.2) is 0 Å². The van der Waals surface area contributed by atoms with E-state index in [-0.39, 0.29) is 0 Å². The average Bonchev–Trinajstić information content (AvgIpc) is 2.56. The van der Waals surface area contributed by atoms with Crippen molar-refractivity contribution in [1.82, 2.24) is 5.32 Å². The second-order valence-corrected chi connectivity index (χ2v) is 5.08. The largest absolute Gasteiger partial charge is 0.310 e. The third-order valence-electron chi connectivity index (χ3n) is 2.40. The van der Waals surface area contributed by atoms with Gasteiger partial charge >= 0.3 is 0 Å². The molecular formula is C10H11Br2N. The molecule has 1 aromatic rings.